The first-order valence-electron chi connectivity index (χ1n) is 4.77. The molecule has 0 atom stereocenters. The van der Waals surface area contributed by atoms with Crippen LogP contribution in [0.4, 0.5) is 0 Å². The van der Waals surface area contributed by atoms with Gasteiger partial charge in [-0.2, -0.15) is 8.61 Å². The van der Waals surface area contributed by atoms with Crippen LogP contribution in [0, 0.1) is 0 Å². The second-order valence-electron chi connectivity index (χ2n) is 3.71. The monoisotopic (exact) mass is 286 g/mol. The molecular weight excluding hydrogens is 272 g/mol. The van der Waals surface area contributed by atoms with Crippen LogP contribution in [-0.4, -0.2) is 74.7 Å². The minimum absolute atomic E-state index is 0.0112. The van der Waals surface area contributed by atoms with E-state index in [0.717, 1.165) is 10.6 Å². The van der Waals surface area contributed by atoms with Gasteiger partial charge >= 0.3 is 5.97 Å². The number of hydrogen-bond acceptors (Lipinski definition) is 5. The number of carboxylic acids is 1. The first-order valence-corrected chi connectivity index (χ1v) is 8.23. The topological polar surface area (TPSA) is 112 Å². The SMILES string of the molecule is CS(=O)(=O)N1CCN(S(=O)(=O)CC(=O)O)CC1. The lowest BCUT2D eigenvalue weighted by molar-refractivity contribution is -0.134. The van der Waals surface area contributed by atoms with E-state index in [1.54, 1.807) is 0 Å². The van der Waals surface area contributed by atoms with E-state index in [1.807, 2.05) is 0 Å². The molecule has 17 heavy (non-hydrogen) atoms. The molecule has 1 fully saturated rings. The molecule has 1 N–H and O–H groups in total. The summed E-state index contributed by atoms with van der Waals surface area (Å²) in [5.74, 6) is -2.39. The molecular formula is C7H14N2O6S2. The van der Waals surface area contributed by atoms with Gasteiger partial charge in [0.1, 0.15) is 0 Å². The highest BCUT2D eigenvalue weighted by molar-refractivity contribution is 7.89. The first kappa shape index (κ1) is 14.4. The summed E-state index contributed by atoms with van der Waals surface area (Å²) >= 11 is 0. The van der Waals surface area contributed by atoms with E-state index >= 15 is 0 Å². The van der Waals surface area contributed by atoms with Crippen molar-refractivity contribution in [2.75, 3.05) is 38.2 Å². The van der Waals surface area contributed by atoms with Crippen LogP contribution in [0.3, 0.4) is 0 Å². The van der Waals surface area contributed by atoms with E-state index in [2.05, 4.69) is 0 Å². The Morgan fingerprint density at radius 2 is 1.47 bits per heavy atom. The zero-order chi connectivity index (χ0) is 13.3. The molecule has 0 spiro atoms. The molecule has 100 valence electrons. The minimum atomic E-state index is -3.84. The molecule has 1 aliphatic rings. The van der Waals surface area contributed by atoms with Gasteiger partial charge in [0.2, 0.25) is 20.0 Å². The van der Waals surface area contributed by atoms with Crippen molar-refractivity contribution in [1.29, 1.82) is 0 Å². The summed E-state index contributed by atoms with van der Waals surface area (Å²) in [5, 5.41) is 8.45. The molecule has 0 amide bonds. The van der Waals surface area contributed by atoms with Crippen molar-refractivity contribution in [3.8, 4) is 0 Å². The summed E-state index contributed by atoms with van der Waals surface area (Å²) in [6.07, 6.45) is 1.05. The Hall–Kier alpha value is -0.710. The Morgan fingerprint density at radius 3 is 1.82 bits per heavy atom. The van der Waals surface area contributed by atoms with Crippen molar-refractivity contribution in [3.63, 3.8) is 0 Å². The maximum atomic E-state index is 11.5. The molecule has 0 saturated carbocycles. The second kappa shape index (κ2) is 4.88. The number of rotatable bonds is 4. The number of carbonyl (C=O) groups is 1. The average molecular weight is 286 g/mol. The number of carboxylic acid groups (broad SMARTS) is 1. The Balaban J connectivity index is 2.67. The number of piperazine rings is 1. The van der Waals surface area contributed by atoms with Crippen LogP contribution >= 0.6 is 0 Å². The number of aliphatic carboxylic acids is 1. The van der Waals surface area contributed by atoms with Crippen LogP contribution < -0.4 is 0 Å². The fourth-order valence-electron chi connectivity index (χ4n) is 1.53. The van der Waals surface area contributed by atoms with Gasteiger partial charge in [-0.15, -0.1) is 0 Å². The second-order valence-corrected chi connectivity index (χ2v) is 7.66. The summed E-state index contributed by atoms with van der Waals surface area (Å²) in [6.45, 7) is 0.0841. The molecule has 0 aromatic heterocycles. The van der Waals surface area contributed by atoms with E-state index in [4.69, 9.17) is 5.11 Å². The summed E-state index contributed by atoms with van der Waals surface area (Å²) in [4.78, 5) is 10.4. The van der Waals surface area contributed by atoms with Crippen LogP contribution in [0.15, 0.2) is 0 Å². The van der Waals surface area contributed by atoms with Gasteiger partial charge in [-0.05, 0) is 0 Å². The van der Waals surface area contributed by atoms with Gasteiger partial charge in [-0.3, -0.25) is 4.79 Å². The van der Waals surface area contributed by atoms with Crippen molar-refractivity contribution in [1.82, 2.24) is 8.61 Å². The zero-order valence-electron chi connectivity index (χ0n) is 9.23. The highest BCUT2D eigenvalue weighted by Crippen LogP contribution is 2.10. The summed E-state index contributed by atoms with van der Waals surface area (Å²) < 4.78 is 47.6. The third-order valence-electron chi connectivity index (χ3n) is 2.37. The molecule has 0 unspecified atom stereocenters. The maximum Gasteiger partial charge on any atom is 0.320 e. The predicted molar refractivity (Wildman–Crippen MR) is 59.4 cm³/mol. The third-order valence-corrected chi connectivity index (χ3v) is 5.43. The van der Waals surface area contributed by atoms with Crippen molar-refractivity contribution in [2.45, 2.75) is 0 Å². The maximum absolute atomic E-state index is 11.5. The van der Waals surface area contributed by atoms with E-state index in [1.165, 1.54) is 4.31 Å². The van der Waals surface area contributed by atoms with Crippen molar-refractivity contribution >= 4 is 26.0 Å². The lowest BCUT2D eigenvalue weighted by atomic mass is 10.4. The Labute approximate surface area is 99.9 Å². The molecule has 0 aromatic carbocycles. The third kappa shape index (κ3) is 3.91. The first-order chi connectivity index (χ1) is 7.63. The number of hydrogen-bond donors (Lipinski definition) is 1. The molecule has 1 aliphatic heterocycles. The molecule has 0 aliphatic carbocycles. The lowest BCUT2D eigenvalue weighted by Gasteiger charge is -2.32. The zero-order valence-corrected chi connectivity index (χ0v) is 10.9. The van der Waals surface area contributed by atoms with Gasteiger partial charge in [-0.25, -0.2) is 16.8 Å². The smallest absolute Gasteiger partial charge is 0.320 e. The number of sulfonamides is 2. The van der Waals surface area contributed by atoms with Crippen LogP contribution in [0.2, 0.25) is 0 Å². The van der Waals surface area contributed by atoms with Gasteiger partial charge in [0.05, 0.1) is 6.26 Å². The van der Waals surface area contributed by atoms with Crippen LogP contribution in [0.25, 0.3) is 0 Å². The van der Waals surface area contributed by atoms with Gasteiger partial charge in [0, 0.05) is 26.2 Å². The average Bonchev–Trinajstić information content (AvgIpc) is 2.14. The molecule has 0 radical (unpaired) electrons. The standard InChI is InChI=1S/C7H14N2O6S2/c1-16(12,13)8-2-4-9(5-3-8)17(14,15)6-7(10)11/h2-6H2,1H3,(H,10,11). The Bertz CT molecular complexity index is 488. The Kier molecular flexibility index (Phi) is 4.12. The fraction of sp³-hybridized carbons (Fsp3) is 0.857. The molecule has 8 nitrogen and oxygen atoms in total. The molecule has 10 heteroatoms. The quantitative estimate of drug-likeness (QED) is 0.638. The molecule has 1 heterocycles. The lowest BCUT2D eigenvalue weighted by Crippen LogP contribution is -2.51. The van der Waals surface area contributed by atoms with Crippen LogP contribution in [-0.2, 0) is 24.8 Å². The van der Waals surface area contributed by atoms with Gasteiger partial charge in [0.15, 0.2) is 5.75 Å². The number of nitrogens with zero attached hydrogens (tertiary/aromatic N) is 2. The Morgan fingerprint density at radius 1 is 1.06 bits per heavy atom. The van der Waals surface area contributed by atoms with E-state index in [9.17, 15) is 21.6 Å². The van der Waals surface area contributed by atoms with E-state index < -0.39 is 31.8 Å². The molecule has 0 aromatic rings. The molecule has 0 bridgehead atoms. The van der Waals surface area contributed by atoms with E-state index in [0.29, 0.717) is 0 Å². The highest BCUT2D eigenvalue weighted by atomic mass is 32.2. The van der Waals surface area contributed by atoms with E-state index in [-0.39, 0.29) is 26.2 Å². The van der Waals surface area contributed by atoms with Crippen molar-refractivity contribution in [2.24, 2.45) is 0 Å². The minimum Gasteiger partial charge on any atom is -0.480 e. The fourth-order valence-corrected chi connectivity index (χ4v) is 3.57. The van der Waals surface area contributed by atoms with Gasteiger partial charge in [-0.1, -0.05) is 0 Å². The molecule has 1 saturated heterocycles. The summed E-state index contributed by atoms with van der Waals surface area (Å²) in [6, 6.07) is 0. The van der Waals surface area contributed by atoms with Gasteiger partial charge < -0.3 is 5.11 Å². The normalized spacial score (nSPS) is 20.3. The van der Waals surface area contributed by atoms with Crippen LogP contribution in [0.5, 0.6) is 0 Å². The summed E-state index contributed by atoms with van der Waals surface area (Å²) in [7, 11) is -7.16. The van der Waals surface area contributed by atoms with Gasteiger partial charge in [0.25, 0.3) is 0 Å². The largest absolute Gasteiger partial charge is 0.480 e. The summed E-state index contributed by atoms with van der Waals surface area (Å²) in [5.41, 5.74) is 0. The molecule has 1 rings (SSSR count). The predicted octanol–water partition coefficient (Wildman–Crippen LogP) is -2.02. The van der Waals surface area contributed by atoms with Crippen molar-refractivity contribution < 1.29 is 26.7 Å². The van der Waals surface area contributed by atoms with Crippen molar-refractivity contribution in [3.05, 3.63) is 0 Å². The highest BCUT2D eigenvalue weighted by Gasteiger charge is 2.31. The van der Waals surface area contributed by atoms with Crippen LogP contribution in [0.1, 0.15) is 0 Å².